The number of benzene rings is 3. The van der Waals surface area contributed by atoms with Crippen LogP contribution in [0.3, 0.4) is 0 Å². The van der Waals surface area contributed by atoms with Gasteiger partial charge in [0.05, 0.1) is 0 Å². The van der Waals surface area contributed by atoms with Gasteiger partial charge in [0.25, 0.3) is 0 Å². The number of rotatable bonds is 3. The zero-order valence-electron chi connectivity index (χ0n) is 16.0. The van der Waals surface area contributed by atoms with Gasteiger partial charge in [0, 0.05) is 53.8 Å². The van der Waals surface area contributed by atoms with E-state index < -0.39 is 0 Å². The molecule has 0 saturated heterocycles. The maximum absolute atomic E-state index is 10.5. The van der Waals surface area contributed by atoms with Crippen molar-refractivity contribution in [2.24, 2.45) is 15.8 Å². The van der Waals surface area contributed by atoms with Crippen molar-refractivity contribution in [1.82, 2.24) is 0 Å². The van der Waals surface area contributed by atoms with E-state index in [4.69, 9.17) is 15.6 Å². The fourth-order valence-electron chi connectivity index (χ4n) is 1.82. The summed E-state index contributed by atoms with van der Waals surface area (Å²) in [4.78, 5) is 0.417. The van der Waals surface area contributed by atoms with Crippen LogP contribution in [0.15, 0.2) is 107 Å². The van der Waals surface area contributed by atoms with Crippen LogP contribution in [0.4, 0.5) is 17.1 Å². The Morgan fingerprint density at radius 1 is 0.452 bits per heavy atom. The Labute approximate surface area is 187 Å². The molecule has 13 heteroatoms. The van der Waals surface area contributed by atoms with E-state index in [1.807, 2.05) is 0 Å². The van der Waals surface area contributed by atoms with Crippen molar-refractivity contribution >= 4 is 34.4 Å². The summed E-state index contributed by atoms with van der Waals surface area (Å²) in [5.74, 6) is 0. The predicted octanol–water partition coefficient (Wildman–Crippen LogP) is 4.63. The van der Waals surface area contributed by atoms with Crippen molar-refractivity contribution in [3.63, 3.8) is 0 Å². The molecular weight excluding hydrogens is 423 g/mol. The van der Waals surface area contributed by atoms with Crippen LogP contribution in [0, 0.1) is 15.6 Å². The first kappa shape index (κ1) is 26.8. The van der Waals surface area contributed by atoms with Crippen molar-refractivity contribution in [1.29, 1.82) is 0 Å². The zero-order chi connectivity index (χ0) is 22.2. The maximum atomic E-state index is 10.5. The molecule has 0 spiro atoms. The summed E-state index contributed by atoms with van der Waals surface area (Å²) in [6.45, 7) is 0. The summed E-state index contributed by atoms with van der Waals surface area (Å²) in [5.41, 5.74) is 0.931. The topological polar surface area (TPSA) is 176 Å². The van der Waals surface area contributed by atoms with Crippen molar-refractivity contribution in [3.05, 3.63) is 107 Å². The summed E-state index contributed by atoms with van der Waals surface area (Å²) >= 11 is 0. The van der Waals surface area contributed by atoms with E-state index in [2.05, 4.69) is 15.8 Å². The molecule has 0 atom stereocenters. The largest absolute Gasteiger partial charge is 0.592 e. The van der Waals surface area contributed by atoms with Crippen LogP contribution >= 0.6 is 0 Å². The Bertz CT molecular complexity index is 832. The fourth-order valence-corrected chi connectivity index (χ4v) is 1.82. The Morgan fingerprint density at radius 2 is 0.645 bits per heavy atom. The van der Waals surface area contributed by atoms with Crippen LogP contribution in [-0.4, -0.2) is 47.6 Å². The van der Waals surface area contributed by atoms with Gasteiger partial charge in [0.2, 0.25) is 32.9 Å². The molecule has 0 heterocycles. The molecule has 0 fully saturated rings. The summed E-state index contributed by atoms with van der Waals surface area (Å²) in [6, 6.07) is 24.7. The van der Waals surface area contributed by atoms with E-state index in [0.717, 1.165) is 0 Å². The minimum absolute atomic E-state index is 0. The van der Waals surface area contributed by atoms with Crippen LogP contribution in [-0.2, 0) is 0 Å². The lowest BCUT2D eigenvalue weighted by atomic mass is 10.3. The van der Waals surface area contributed by atoms with Gasteiger partial charge in [0.15, 0.2) is 0 Å². The van der Waals surface area contributed by atoms with Gasteiger partial charge >= 0.3 is 0 Å². The fraction of sp³-hybridized carbons (Fsp3) is 0. The van der Waals surface area contributed by atoms with Crippen molar-refractivity contribution in [2.75, 3.05) is 0 Å². The van der Waals surface area contributed by atoms with Crippen LogP contribution in [0.25, 0.3) is 0 Å². The average Bonchev–Trinajstić information content (AvgIpc) is 2.85. The van der Waals surface area contributed by atoms with Crippen molar-refractivity contribution in [3.8, 4) is 0 Å². The smallest absolute Gasteiger partial charge is 0.248 e. The van der Waals surface area contributed by atoms with E-state index in [9.17, 15) is 15.6 Å². The first-order chi connectivity index (χ1) is 14.5. The second kappa shape index (κ2) is 15.7. The lowest BCUT2D eigenvalue weighted by molar-refractivity contribution is -0.474. The highest BCUT2D eigenvalue weighted by atomic mass is 27.0. The molecule has 0 aliphatic heterocycles. The molecule has 0 saturated carbocycles. The summed E-state index contributed by atoms with van der Waals surface area (Å²) in [6.07, 6.45) is 0. The van der Waals surface area contributed by atoms with E-state index in [1.165, 1.54) is 0 Å². The summed E-state index contributed by atoms with van der Waals surface area (Å²) in [7, 11) is 0. The van der Waals surface area contributed by atoms with Gasteiger partial charge in [-0.05, 0) is 14.6 Å². The molecule has 3 radical (unpaired) electrons. The summed E-state index contributed by atoms with van der Waals surface area (Å²) < 4.78 is 0. The maximum Gasteiger partial charge on any atom is 0.248 e. The van der Waals surface area contributed by atoms with Crippen molar-refractivity contribution < 1.29 is 30.2 Å². The number of nitrogens with zero attached hydrogens (tertiary/aromatic N) is 6. The molecule has 0 amide bonds. The van der Waals surface area contributed by atoms with Gasteiger partial charge in [-0.1, -0.05) is 54.6 Å². The van der Waals surface area contributed by atoms with Gasteiger partial charge in [-0.25, -0.2) is 0 Å². The Balaban J connectivity index is 0.000000429. The molecule has 3 N–H and O–H groups in total. The third-order valence-corrected chi connectivity index (χ3v) is 3.17. The number of hydrogen-bond acceptors (Lipinski definition) is 6. The van der Waals surface area contributed by atoms with Crippen LogP contribution in [0.1, 0.15) is 0 Å². The average molecular weight is 441 g/mol. The normalized spacial score (nSPS) is 11.0. The molecular formula is C18H18AlN6O6. The minimum Gasteiger partial charge on any atom is -0.592 e. The predicted molar refractivity (Wildman–Crippen MR) is 108 cm³/mol. The Morgan fingerprint density at radius 3 is 0.806 bits per heavy atom. The quantitative estimate of drug-likeness (QED) is 0.231. The van der Waals surface area contributed by atoms with Gasteiger partial charge < -0.3 is 31.2 Å². The highest BCUT2D eigenvalue weighted by Crippen LogP contribution is 2.09. The Kier molecular flexibility index (Phi) is 13.6. The monoisotopic (exact) mass is 441 g/mol. The highest BCUT2D eigenvalue weighted by Gasteiger charge is 1.99. The number of hydrogen-bond donors (Lipinski definition) is 3. The third kappa shape index (κ3) is 10.2. The lowest BCUT2D eigenvalue weighted by Gasteiger charge is -1.93. The van der Waals surface area contributed by atoms with Gasteiger partial charge in [0.1, 0.15) is 0 Å². The molecule has 0 aliphatic carbocycles. The molecule has 0 aromatic heterocycles. The lowest BCUT2D eigenvalue weighted by Crippen LogP contribution is -1.88. The molecule has 0 unspecified atom stereocenters. The molecule has 3 rings (SSSR count). The van der Waals surface area contributed by atoms with Gasteiger partial charge in [-0.2, -0.15) is 0 Å². The second-order valence-corrected chi connectivity index (χ2v) is 5.09. The van der Waals surface area contributed by atoms with Crippen LogP contribution < -0.4 is 0 Å². The van der Waals surface area contributed by atoms with E-state index in [1.54, 1.807) is 91.0 Å². The van der Waals surface area contributed by atoms with E-state index in [0.29, 0.717) is 17.1 Å². The van der Waals surface area contributed by atoms with Crippen LogP contribution in [0.2, 0.25) is 0 Å². The minimum atomic E-state index is 0. The van der Waals surface area contributed by atoms with Gasteiger partial charge in [-0.15, -0.1) is 0 Å². The zero-order valence-corrected chi connectivity index (χ0v) is 17.1. The summed E-state index contributed by atoms with van der Waals surface area (Å²) in [5, 5.41) is 62.9. The standard InChI is InChI=1S/3C6H6N2O2.Al/c3*9-7-8(10)6-4-2-1-3-5-6;/h3*1-5,9H;/b3*8-7-;. The molecule has 12 nitrogen and oxygen atoms in total. The molecule has 0 aliphatic rings. The SMILES string of the molecule is [Al].[O-]/[N+](=N\O)c1ccccc1.[O-]/[N+](=N\O)c1ccccc1.[O-]/[N+](=N\O)c1ccccc1. The van der Waals surface area contributed by atoms with E-state index >= 15 is 0 Å². The second-order valence-electron chi connectivity index (χ2n) is 5.09. The first-order valence-corrected chi connectivity index (χ1v) is 8.15. The van der Waals surface area contributed by atoms with E-state index in [-0.39, 0.29) is 31.9 Å². The molecule has 3 aromatic carbocycles. The number of para-hydroxylation sites is 3. The molecule has 0 bridgehead atoms. The third-order valence-electron chi connectivity index (χ3n) is 3.17. The highest BCUT2D eigenvalue weighted by molar-refractivity contribution is 5.75. The Hall–Kier alpha value is -4.21. The van der Waals surface area contributed by atoms with Crippen molar-refractivity contribution in [2.45, 2.75) is 0 Å². The van der Waals surface area contributed by atoms with Crippen LogP contribution in [0.5, 0.6) is 0 Å². The first-order valence-electron chi connectivity index (χ1n) is 8.15. The van der Waals surface area contributed by atoms with Gasteiger partial charge in [-0.3, -0.25) is 0 Å². The molecule has 159 valence electrons. The molecule has 3 aromatic rings. The molecule has 31 heavy (non-hydrogen) atoms.